The fourth-order valence-electron chi connectivity index (χ4n) is 2.76. The van der Waals surface area contributed by atoms with E-state index in [0.29, 0.717) is 31.8 Å². The molecule has 2 amide bonds. The van der Waals surface area contributed by atoms with Crippen LogP contribution in [0.1, 0.15) is 39.0 Å². The molecule has 0 bridgehead atoms. The van der Waals surface area contributed by atoms with Gasteiger partial charge in [0.1, 0.15) is 6.04 Å². The molecule has 1 aliphatic carbocycles. The SMILES string of the molecule is CC1CCN(C(=O)N(CCC#N)C2CC2)C(C(=O)O)C1. The van der Waals surface area contributed by atoms with Crippen LogP contribution < -0.4 is 0 Å². The van der Waals surface area contributed by atoms with Crippen molar-refractivity contribution in [3.05, 3.63) is 0 Å². The molecule has 1 heterocycles. The lowest BCUT2D eigenvalue weighted by molar-refractivity contribution is -0.144. The molecule has 2 aliphatic rings. The van der Waals surface area contributed by atoms with Crippen LogP contribution in [0.2, 0.25) is 0 Å². The number of rotatable bonds is 4. The first kappa shape index (κ1) is 14.6. The third-order valence-electron chi connectivity index (χ3n) is 4.09. The minimum absolute atomic E-state index is 0.199. The number of urea groups is 1. The zero-order chi connectivity index (χ0) is 14.7. The van der Waals surface area contributed by atoms with Gasteiger partial charge in [0.15, 0.2) is 0 Å². The Kier molecular flexibility index (Phi) is 4.48. The van der Waals surface area contributed by atoms with Gasteiger partial charge in [-0.25, -0.2) is 9.59 Å². The van der Waals surface area contributed by atoms with Gasteiger partial charge >= 0.3 is 12.0 Å². The van der Waals surface area contributed by atoms with Gasteiger partial charge in [-0.05, 0) is 31.6 Å². The molecule has 110 valence electrons. The monoisotopic (exact) mass is 279 g/mol. The van der Waals surface area contributed by atoms with Gasteiger partial charge in [-0.3, -0.25) is 0 Å². The number of nitriles is 1. The summed E-state index contributed by atoms with van der Waals surface area (Å²) in [5.41, 5.74) is 0. The minimum atomic E-state index is -0.930. The Morgan fingerprint density at radius 3 is 2.65 bits per heavy atom. The number of carbonyl (C=O) groups is 2. The Bertz CT molecular complexity index is 428. The van der Waals surface area contributed by atoms with E-state index in [1.165, 1.54) is 4.90 Å². The Labute approximate surface area is 119 Å². The number of nitrogens with zero attached hydrogens (tertiary/aromatic N) is 3. The molecule has 1 saturated heterocycles. The van der Waals surface area contributed by atoms with E-state index in [1.54, 1.807) is 4.90 Å². The third kappa shape index (κ3) is 3.21. The number of amides is 2. The Morgan fingerprint density at radius 1 is 1.40 bits per heavy atom. The van der Waals surface area contributed by atoms with Crippen LogP contribution in [0.25, 0.3) is 0 Å². The molecule has 1 N–H and O–H groups in total. The summed E-state index contributed by atoms with van der Waals surface area (Å²) >= 11 is 0. The molecule has 2 unspecified atom stereocenters. The molecule has 1 saturated carbocycles. The number of aliphatic carboxylic acids is 1. The number of piperidine rings is 1. The van der Waals surface area contributed by atoms with E-state index >= 15 is 0 Å². The van der Waals surface area contributed by atoms with Crippen molar-refractivity contribution < 1.29 is 14.7 Å². The van der Waals surface area contributed by atoms with E-state index in [1.807, 2.05) is 6.92 Å². The second-order valence-corrected chi connectivity index (χ2v) is 5.79. The van der Waals surface area contributed by atoms with E-state index < -0.39 is 12.0 Å². The molecule has 20 heavy (non-hydrogen) atoms. The number of carboxylic acids is 1. The number of hydrogen-bond acceptors (Lipinski definition) is 3. The Hall–Kier alpha value is -1.77. The zero-order valence-corrected chi connectivity index (χ0v) is 11.8. The van der Waals surface area contributed by atoms with Crippen LogP contribution >= 0.6 is 0 Å². The van der Waals surface area contributed by atoms with Crippen LogP contribution in [0.5, 0.6) is 0 Å². The normalized spacial score (nSPS) is 25.9. The Balaban J connectivity index is 2.08. The summed E-state index contributed by atoms with van der Waals surface area (Å²) in [6, 6.07) is 1.32. The lowest BCUT2D eigenvalue weighted by atomic mass is 9.92. The highest BCUT2D eigenvalue weighted by molar-refractivity contribution is 5.83. The van der Waals surface area contributed by atoms with Crippen LogP contribution in [0.4, 0.5) is 4.79 Å². The molecule has 0 aromatic carbocycles. The highest BCUT2D eigenvalue weighted by Crippen LogP contribution is 2.30. The summed E-state index contributed by atoms with van der Waals surface area (Å²) in [5.74, 6) is -0.602. The topological polar surface area (TPSA) is 84.6 Å². The van der Waals surface area contributed by atoms with E-state index in [0.717, 1.165) is 19.3 Å². The highest BCUT2D eigenvalue weighted by atomic mass is 16.4. The minimum Gasteiger partial charge on any atom is -0.480 e. The molecule has 0 radical (unpaired) electrons. The van der Waals surface area contributed by atoms with Crippen molar-refractivity contribution in [2.45, 2.75) is 51.1 Å². The van der Waals surface area contributed by atoms with Gasteiger partial charge in [-0.2, -0.15) is 5.26 Å². The number of likely N-dealkylation sites (tertiary alicyclic amines) is 1. The molecule has 2 rings (SSSR count). The maximum absolute atomic E-state index is 12.6. The summed E-state index contributed by atoms with van der Waals surface area (Å²) < 4.78 is 0. The second kappa shape index (κ2) is 6.12. The quantitative estimate of drug-likeness (QED) is 0.848. The molecule has 2 fully saturated rings. The van der Waals surface area contributed by atoms with E-state index in [2.05, 4.69) is 6.07 Å². The van der Waals surface area contributed by atoms with Gasteiger partial charge in [0.05, 0.1) is 12.5 Å². The molecule has 6 nitrogen and oxygen atoms in total. The van der Waals surface area contributed by atoms with Crippen molar-refractivity contribution in [3.8, 4) is 6.07 Å². The van der Waals surface area contributed by atoms with Gasteiger partial charge < -0.3 is 14.9 Å². The molecule has 0 spiro atoms. The average Bonchev–Trinajstić information content (AvgIpc) is 3.23. The highest BCUT2D eigenvalue weighted by Gasteiger charge is 2.40. The molecule has 0 aromatic rings. The first-order valence-electron chi connectivity index (χ1n) is 7.21. The fourth-order valence-corrected chi connectivity index (χ4v) is 2.76. The van der Waals surface area contributed by atoms with Crippen LogP contribution in [0.3, 0.4) is 0 Å². The lowest BCUT2D eigenvalue weighted by Crippen LogP contribution is -2.55. The maximum Gasteiger partial charge on any atom is 0.326 e. The van der Waals surface area contributed by atoms with Crippen molar-refractivity contribution >= 4 is 12.0 Å². The van der Waals surface area contributed by atoms with Gasteiger partial charge in [0.2, 0.25) is 0 Å². The average molecular weight is 279 g/mol. The van der Waals surface area contributed by atoms with Crippen LogP contribution in [-0.4, -0.2) is 52.1 Å². The molecule has 0 aromatic heterocycles. The predicted octanol–water partition coefficient (Wildman–Crippen LogP) is 1.67. The van der Waals surface area contributed by atoms with Crippen LogP contribution in [-0.2, 0) is 4.79 Å². The fraction of sp³-hybridized carbons (Fsp3) is 0.786. The van der Waals surface area contributed by atoms with Crippen molar-refractivity contribution in [1.29, 1.82) is 5.26 Å². The molecule has 1 aliphatic heterocycles. The second-order valence-electron chi connectivity index (χ2n) is 5.79. The largest absolute Gasteiger partial charge is 0.480 e. The maximum atomic E-state index is 12.6. The van der Waals surface area contributed by atoms with Crippen LogP contribution in [0, 0.1) is 17.2 Å². The third-order valence-corrected chi connectivity index (χ3v) is 4.09. The number of carboxylic acid groups (broad SMARTS) is 1. The van der Waals surface area contributed by atoms with Crippen molar-refractivity contribution in [3.63, 3.8) is 0 Å². The standard InChI is InChI=1S/C14H21N3O3/c1-10-5-8-17(12(9-10)13(18)19)14(20)16(7-2-6-15)11-3-4-11/h10-12H,2-5,7-9H2,1H3,(H,18,19). The number of hydrogen-bond donors (Lipinski definition) is 1. The summed E-state index contributed by atoms with van der Waals surface area (Å²) in [5, 5.41) is 18.0. The summed E-state index contributed by atoms with van der Waals surface area (Å²) in [4.78, 5) is 27.1. The van der Waals surface area contributed by atoms with E-state index in [4.69, 9.17) is 5.26 Å². The Morgan fingerprint density at radius 2 is 2.10 bits per heavy atom. The van der Waals surface area contributed by atoms with Crippen molar-refractivity contribution in [1.82, 2.24) is 9.80 Å². The van der Waals surface area contributed by atoms with Gasteiger partial charge in [0, 0.05) is 19.1 Å². The molecular formula is C14H21N3O3. The summed E-state index contributed by atoms with van der Waals surface area (Å²) in [7, 11) is 0. The number of carbonyl (C=O) groups excluding carboxylic acids is 1. The van der Waals surface area contributed by atoms with E-state index in [9.17, 15) is 14.7 Å². The predicted molar refractivity (Wildman–Crippen MR) is 71.9 cm³/mol. The van der Waals surface area contributed by atoms with Crippen molar-refractivity contribution in [2.24, 2.45) is 5.92 Å². The van der Waals surface area contributed by atoms with Crippen LogP contribution in [0.15, 0.2) is 0 Å². The first-order chi connectivity index (χ1) is 9.54. The van der Waals surface area contributed by atoms with Gasteiger partial charge in [0.25, 0.3) is 0 Å². The summed E-state index contributed by atoms with van der Waals surface area (Å²) in [6.45, 7) is 2.91. The molecular weight excluding hydrogens is 258 g/mol. The molecule has 6 heteroatoms. The summed E-state index contributed by atoms with van der Waals surface area (Å²) in [6.07, 6.45) is 3.56. The first-order valence-corrected chi connectivity index (χ1v) is 7.21. The van der Waals surface area contributed by atoms with Gasteiger partial charge in [-0.15, -0.1) is 0 Å². The van der Waals surface area contributed by atoms with Gasteiger partial charge in [-0.1, -0.05) is 6.92 Å². The van der Waals surface area contributed by atoms with E-state index in [-0.39, 0.29) is 12.1 Å². The lowest BCUT2D eigenvalue weighted by Gasteiger charge is -2.39. The zero-order valence-electron chi connectivity index (χ0n) is 11.8. The molecule has 2 atom stereocenters. The smallest absolute Gasteiger partial charge is 0.326 e. The van der Waals surface area contributed by atoms with Crippen molar-refractivity contribution in [2.75, 3.05) is 13.1 Å².